The summed E-state index contributed by atoms with van der Waals surface area (Å²) >= 11 is 0. The van der Waals surface area contributed by atoms with Crippen molar-refractivity contribution in [3.8, 4) is 17.1 Å². The Morgan fingerprint density at radius 2 is 1.83 bits per heavy atom. The van der Waals surface area contributed by atoms with E-state index in [0.29, 0.717) is 37.0 Å². The van der Waals surface area contributed by atoms with E-state index < -0.39 is 11.7 Å². The van der Waals surface area contributed by atoms with E-state index in [9.17, 15) is 18.0 Å². The van der Waals surface area contributed by atoms with Crippen LogP contribution in [0.4, 0.5) is 13.2 Å². The summed E-state index contributed by atoms with van der Waals surface area (Å²) in [6.45, 7) is 3.51. The minimum atomic E-state index is -4.44. The molecule has 2 aromatic carbocycles. The molecule has 0 atom stereocenters. The molecule has 0 fully saturated rings. The third kappa shape index (κ3) is 7.81. The lowest BCUT2D eigenvalue weighted by Gasteiger charge is -2.25. The third-order valence-corrected chi connectivity index (χ3v) is 5.24. The van der Waals surface area contributed by atoms with Crippen LogP contribution in [-0.4, -0.2) is 59.6 Å². The maximum Gasteiger partial charge on any atom is 0.416 e. The van der Waals surface area contributed by atoms with Gasteiger partial charge < -0.3 is 19.1 Å². The predicted molar refractivity (Wildman–Crippen MR) is 125 cm³/mol. The van der Waals surface area contributed by atoms with E-state index in [1.165, 1.54) is 6.07 Å². The van der Waals surface area contributed by atoms with Gasteiger partial charge in [0.1, 0.15) is 5.75 Å². The van der Waals surface area contributed by atoms with Crippen molar-refractivity contribution >= 4 is 5.91 Å². The first kappa shape index (κ1) is 26.2. The number of ether oxygens (including phenoxy) is 1. The van der Waals surface area contributed by atoms with Gasteiger partial charge in [0.05, 0.1) is 12.2 Å². The fourth-order valence-corrected chi connectivity index (χ4v) is 3.39. The van der Waals surface area contributed by atoms with E-state index in [1.807, 2.05) is 50.2 Å². The zero-order chi connectivity index (χ0) is 25.4. The van der Waals surface area contributed by atoms with E-state index in [0.717, 1.165) is 23.4 Å². The number of hydrogen-bond acceptors (Lipinski definition) is 6. The van der Waals surface area contributed by atoms with Crippen LogP contribution in [-0.2, 0) is 23.9 Å². The van der Waals surface area contributed by atoms with Gasteiger partial charge in [0.15, 0.2) is 0 Å². The summed E-state index contributed by atoms with van der Waals surface area (Å²) in [5.41, 5.74) is 0.442. The maximum absolute atomic E-state index is 13.1. The number of amides is 1. The number of likely N-dealkylation sites (N-methyl/N-ethyl adjacent to an activating group) is 1. The van der Waals surface area contributed by atoms with Crippen LogP contribution in [0.1, 0.15) is 30.4 Å². The lowest BCUT2D eigenvalue weighted by molar-refractivity contribution is -0.137. The minimum absolute atomic E-state index is 0.0812. The lowest BCUT2D eigenvalue weighted by atomic mass is 10.1. The smallest absolute Gasteiger partial charge is 0.416 e. The molecule has 35 heavy (non-hydrogen) atoms. The van der Waals surface area contributed by atoms with Crippen LogP contribution in [0.3, 0.4) is 0 Å². The van der Waals surface area contributed by atoms with Gasteiger partial charge in [-0.1, -0.05) is 17.3 Å². The molecule has 1 heterocycles. The Hall–Kier alpha value is -3.40. The molecule has 0 bridgehead atoms. The van der Waals surface area contributed by atoms with Crippen LogP contribution in [0, 0.1) is 0 Å². The molecule has 1 aromatic heterocycles. The molecular formula is C25H29F3N4O3. The molecule has 0 saturated carbocycles. The largest absolute Gasteiger partial charge is 0.494 e. The summed E-state index contributed by atoms with van der Waals surface area (Å²) in [6.07, 6.45) is -4.12. The monoisotopic (exact) mass is 490 g/mol. The van der Waals surface area contributed by atoms with Gasteiger partial charge in [0.2, 0.25) is 17.6 Å². The molecule has 0 unspecified atom stereocenters. The molecule has 3 aromatic rings. The number of rotatable bonds is 11. The van der Waals surface area contributed by atoms with E-state index in [-0.39, 0.29) is 25.3 Å². The standard InChI is InChI=1S/C25H29F3N4O3/c1-4-34-21-10-8-19(9-11-21)24-29-22(35-30-24)12-13-23(33)32(15-14-31(2)3)17-18-6-5-7-20(16-18)25(26,27)28/h5-11,16H,4,12-15,17H2,1-3H3. The van der Waals surface area contributed by atoms with Crippen LogP contribution < -0.4 is 4.74 Å². The van der Waals surface area contributed by atoms with Gasteiger partial charge in [-0.05, 0) is 63.0 Å². The first-order chi connectivity index (χ1) is 16.7. The van der Waals surface area contributed by atoms with Crippen molar-refractivity contribution in [3.05, 3.63) is 65.5 Å². The Balaban J connectivity index is 1.65. The molecule has 0 aliphatic rings. The van der Waals surface area contributed by atoms with Gasteiger partial charge in [-0.3, -0.25) is 4.79 Å². The first-order valence-corrected chi connectivity index (χ1v) is 11.3. The molecule has 0 N–H and O–H groups in total. The van der Waals surface area contributed by atoms with E-state index in [1.54, 1.807) is 11.0 Å². The molecule has 188 valence electrons. The summed E-state index contributed by atoms with van der Waals surface area (Å²) in [7, 11) is 3.74. The Morgan fingerprint density at radius 1 is 1.09 bits per heavy atom. The number of halogens is 3. The number of hydrogen-bond donors (Lipinski definition) is 0. The highest BCUT2D eigenvalue weighted by Gasteiger charge is 2.30. The molecular weight excluding hydrogens is 461 g/mol. The summed E-state index contributed by atoms with van der Waals surface area (Å²) in [4.78, 5) is 20.8. The lowest BCUT2D eigenvalue weighted by Crippen LogP contribution is -2.36. The fraction of sp³-hybridized carbons (Fsp3) is 0.400. The summed E-state index contributed by atoms with van der Waals surface area (Å²) in [6, 6.07) is 12.3. The highest BCUT2D eigenvalue weighted by Crippen LogP contribution is 2.30. The zero-order valence-electron chi connectivity index (χ0n) is 20.0. The topological polar surface area (TPSA) is 71.7 Å². The second kappa shape index (κ2) is 11.8. The Morgan fingerprint density at radius 3 is 2.49 bits per heavy atom. The normalized spacial score (nSPS) is 11.6. The van der Waals surface area contributed by atoms with Crippen molar-refractivity contribution in [2.75, 3.05) is 33.8 Å². The van der Waals surface area contributed by atoms with Gasteiger partial charge >= 0.3 is 6.18 Å². The predicted octanol–water partition coefficient (Wildman–Crippen LogP) is 4.68. The molecule has 0 aliphatic heterocycles. The van der Waals surface area contributed by atoms with Crippen LogP contribution in [0.25, 0.3) is 11.4 Å². The molecule has 0 radical (unpaired) electrons. The Kier molecular flexibility index (Phi) is 8.86. The average molecular weight is 491 g/mol. The van der Waals surface area contributed by atoms with Gasteiger partial charge in [0, 0.05) is 38.0 Å². The number of aryl methyl sites for hydroxylation is 1. The minimum Gasteiger partial charge on any atom is -0.494 e. The van der Waals surface area contributed by atoms with Crippen molar-refractivity contribution in [3.63, 3.8) is 0 Å². The second-order valence-corrected chi connectivity index (χ2v) is 8.29. The van der Waals surface area contributed by atoms with Crippen LogP contribution in [0.5, 0.6) is 5.75 Å². The Labute approximate surface area is 202 Å². The molecule has 3 rings (SSSR count). The molecule has 0 saturated heterocycles. The van der Waals surface area contributed by atoms with Crippen LogP contribution in [0.2, 0.25) is 0 Å². The van der Waals surface area contributed by atoms with Crippen molar-refractivity contribution in [2.24, 2.45) is 0 Å². The van der Waals surface area contributed by atoms with Gasteiger partial charge in [-0.2, -0.15) is 18.2 Å². The third-order valence-electron chi connectivity index (χ3n) is 5.24. The van der Waals surface area contributed by atoms with Crippen molar-refractivity contribution in [2.45, 2.75) is 32.5 Å². The van der Waals surface area contributed by atoms with Crippen LogP contribution >= 0.6 is 0 Å². The van der Waals surface area contributed by atoms with Gasteiger partial charge in [-0.15, -0.1) is 0 Å². The van der Waals surface area contributed by atoms with E-state index in [4.69, 9.17) is 9.26 Å². The van der Waals surface area contributed by atoms with E-state index >= 15 is 0 Å². The fourth-order valence-electron chi connectivity index (χ4n) is 3.39. The second-order valence-electron chi connectivity index (χ2n) is 8.29. The Bertz CT molecular complexity index is 1100. The summed E-state index contributed by atoms with van der Waals surface area (Å²) in [5, 5.41) is 3.98. The number of benzene rings is 2. The average Bonchev–Trinajstić information content (AvgIpc) is 3.29. The van der Waals surface area contributed by atoms with Crippen LogP contribution in [0.15, 0.2) is 53.1 Å². The van der Waals surface area contributed by atoms with Crippen molar-refractivity contribution in [1.82, 2.24) is 19.9 Å². The zero-order valence-corrected chi connectivity index (χ0v) is 20.0. The number of carbonyl (C=O) groups excluding carboxylic acids is 1. The summed E-state index contributed by atoms with van der Waals surface area (Å²) < 4.78 is 50.0. The number of nitrogens with zero attached hydrogens (tertiary/aromatic N) is 4. The SMILES string of the molecule is CCOc1ccc(-c2noc(CCC(=O)N(CCN(C)C)Cc3cccc(C(F)(F)F)c3)n2)cc1. The number of alkyl halides is 3. The summed E-state index contributed by atoms with van der Waals surface area (Å²) in [5.74, 6) is 1.26. The number of carbonyl (C=O) groups is 1. The quantitative estimate of drug-likeness (QED) is 0.389. The van der Waals surface area contributed by atoms with Crippen molar-refractivity contribution < 1.29 is 27.2 Å². The van der Waals surface area contributed by atoms with Crippen molar-refractivity contribution in [1.29, 1.82) is 0 Å². The number of aromatic nitrogens is 2. The van der Waals surface area contributed by atoms with Gasteiger partial charge in [0.25, 0.3) is 0 Å². The highest BCUT2D eigenvalue weighted by atomic mass is 19.4. The molecule has 0 spiro atoms. The highest BCUT2D eigenvalue weighted by molar-refractivity contribution is 5.76. The van der Waals surface area contributed by atoms with Gasteiger partial charge in [-0.25, -0.2) is 0 Å². The molecule has 7 nitrogen and oxygen atoms in total. The molecule has 0 aliphatic carbocycles. The first-order valence-electron chi connectivity index (χ1n) is 11.3. The molecule has 1 amide bonds. The van der Waals surface area contributed by atoms with E-state index in [2.05, 4.69) is 10.1 Å². The molecule has 10 heteroatoms. The maximum atomic E-state index is 13.1.